The summed E-state index contributed by atoms with van der Waals surface area (Å²) in [5.74, 6) is -0.0686. The minimum absolute atomic E-state index is 0.105. The van der Waals surface area contributed by atoms with Crippen molar-refractivity contribution in [1.82, 2.24) is 20.0 Å². The Bertz CT molecular complexity index is 815. The summed E-state index contributed by atoms with van der Waals surface area (Å²) in [6, 6.07) is 7.16. The van der Waals surface area contributed by atoms with Gasteiger partial charge in [0.15, 0.2) is 0 Å². The summed E-state index contributed by atoms with van der Waals surface area (Å²) in [4.78, 5) is 37.6. The van der Waals surface area contributed by atoms with Gasteiger partial charge in [-0.3, -0.25) is 14.4 Å². The zero-order valence-electron chi connectivity index (χ0n) is 13.4. The number of hydrogen-bond acceptors (Lipinski definition) is 4. The highest BCUT2D eigenvalue weighted by atomic mass is 16.2. The van der Waals surface area contributed by atoms with Gasteiger partial charge in [-0.05, 0) is 18.9 Å². The Morgan fingerprint density at radius 2 is 2.08 bits per heavy atom. The van der Waals surface area contributed by atoms with Crippen LogP contribution in [0.3, 0.4) is 0 Å². The third kappa shape index (κ3) is 3.61. The number of carbonyl (C=O) groups is 2. The predicted octanol–water partition coefficient (Wildman–Crippen LogP) is 0.525. The first-order valence-corrected chi connectivity index (χ1v) is 8.14. The molecule has 24 heavy (non-hydrogen) atoms. The molecule has 0 radical (unpaired) electrons. The molecule has 1 saturated heterocycles. The van der Waals surface area contributed by atoms with Crippen LogP contribution in [0, 0.1) is 0 Å². The molecule has 1 aliphatic rings. The predicted molar refractivity (Wildman–Crippen MR) is 89.4 cm³/mol. The van der Waals surface area contributed by atoms with E-state index in [2.05, 4.69) is 10.4 Å². The molecule has 7 heteroatoms. The maximum Gasteiger partial charge on any atom is 0.275 e. The molecule has 1 aromatic heterocycles. The molecule has 0 unspecified atom stereocenters. The first-order chi connectivity index (χ1) is 11.6. The normalized spacial score (nSPS) is 14.3. The number of amides is 2. The van der Waals surface area contributed by atoms with Crippen molar-refractivity contribution in [3.8, 4) is 0 Å². The number of fused-ring (bicyclic) bond motifs is 1. The summed E-state index contributed by atoms with van der Waals surface area (Å²) < 4.78 is 1.17. The Labute approximate surface area is 139 Å². The number of nitrogens with zero attached hydrogens (tertiary/aromatic N) is 3. The van der Waals surface area contributed by atoms with Gasteiger partial charge in [0.05, 0.1) is 11.6 Å². The van der Waals surface area contributed by atoms with E-state index in [0.29, 0.717) is 31.3 Å². The van der Waals surface area contributed by atoms with Gasteiger partial charge in [0.25, 0.3) is 5.56 Å². The first-order valence-electron chi connectivity index (χ1n) is 8.14. The summed E-state index contributed by atoms with van der Waals surface area (Å²) >= 11 is 0. The highest BCUT2D eigenvalue weighted by Crippen LogP contribution is 2.09. The van der Waals surface area contributed by atoms with Crippen LogP contribution >= 0.6 is 0 Å². The van der Waals surface area contributed by atoms with Crippen LogP contribution in [-0.4, -0.2) is 46.1 Å². The molecule has 2 heterocycles. The van der Waals surface area contributed by atoms with E-state index in [-0.39, 0.29) is 23.9 Å². The van der Waals surface area contributed by atoms with Gasteiger partial charge < -0.3 is 10.2 Å². The van der Waals surface area contributed by atoms with Crippen molar-refractivity contribution in [1.29, 1.82) is 0 Å². The van der Waals surface area contributed by atoms with Gasteiger partial charge in [-0.15, -0.1) is 0 Å². The molecule has 0 spiro atoms. The van der Waals surface area contributed by atoms with Gasteiger partial charge >= 0.3 is 0 Å². The van der Waals surface area contributed by atoms with Gasteiger partial charge in [-0.25, -0.2) is 4.68 Å². The van der Waals surface area contributed by atoms with Crippen LogP contribution in [0.1, 0.15) is 19.3 Å². The Morgan fingerprint density at radius 1 is 1.25 bits per heavy atom. The number of nitrogens with one attached hydrogen (secondary N) is 1. The zero-order chi connectivity index (χ0) is 16.9. The maximum absolute atomic E-state index is 12.3. The molecule has 0 saturated carbocycles. The number of rotatable bonds is 6. The molecule has 3 rings (SSSR count). The minimum atomic E-state index is -0.272. The number of benzene rings is 1. The second-order valence-electron chi connectivity index (χ2n) is 5.88. The van der Waals surface area contributed by atoms with Crippen molar-refractivity contribution < 1.29 is 9.59 Å². The summed E-state index contributed by atoms with van der Waals surface area (Å²) in [5, 5.41) is 8.11. The molecule has 1 aliphatic heterocycles. The van der Waals surface area contributed by atoms with E-state index in [1.165, 1.54) is 4.68 Å². The molecule has 0 aliphatic carbocycles. The van der Waals surface area contributed by atoms with Gasteiger partial charge in [0.2, 0.25) is 11.8 Å². The van der Waals surface area contributed by atoms with Crippen LogP contribution in [0.2, 0.25) is 0 Å². The monoisotopic (exact) mass is 328 g/mol. The zero-order valence-corrected chi connectivity index (χ0v) is 13.4. The Kier molecular flexibility index (Phi) is 4.88. The van der Waals surface area contributed by atoms with Crippen LogP contribution in [0.4, 0.5) is 0 Å². The second kappa shape index (κ2) is 7.25. The van der Waals surface area contributed by atoms with E-state index in [0.717, 1.165) is 18.4 Å². The van der Waals surface area contributed by atoms with E-state index in [9.17, 15) is 14.4 Å². The largest absolute Gasteiger partial charge is 0.354 e. The summed E-state index contributed by atoms with van der Waals surface area (Å²) in [6.07, 6.45) is 3.84. The van der Waals surface area contributed by atoms with Crippen LogP contribution in [0.5, 0.6) is 0 Å². The average Bonchev–Trinajstić information content (AvgIpc) is 3.00. The van der Waals surface area contributed by atoms with Crippen molar-refractivity contribution in [3.05, 3.63) is 40.8 Å². The molecule has 0 atom stereocenters. The molecule has 126 valence electrons. The van der Waals surface area contributed by atoms with E-state index in [4.69, 9.17) is 0 Å². The van der Waals surface area contributed by atoms with Gasteiger partial charge in [0, 0.05) is 31.4 Å². The number of likely N-dealkylation sites (tertiary alicyclic amines) is 1. The van der Waals surface area contributed by atoms with E-state index in [1.807, 2.05) is 17.0 Å². The third-order valence-electron chi connectivity index (χ3n) is 4.15. The Hall–Kier alpha value is -2.70. The lowest BCUT2D eigenvalue weighted by Crippen LogP contribution is -2.35. The molecular formula is C17H20N4O3. The lowest BCUT2D eigenvalue weighted by molar-refractivity contribution is -0.127. The SMILES string of the molecule is O=C(Cn1ncc2ccccc2c1=O)NCCCN1CCCC1=O. The number of aromatic nitrogens is 2. The summed E-state index contributed by atoms with van der Waals surface area (Å²) in [5.41, 5.74) is -0.272. The molecule has 2 amide bonds. The smallest absolute Gasteiger partial charge is 0.275 e. The number of carbonyl (C=O) groups excluding carboxylic acids is 2. The summed E-state index contributed by atoms with van der Waals surface area (Å²) in [6.45, 7) is 1.84. The molecule has 1 aromatic carbocycles. The minimum Gasteiger partial charge on any atom is -0.354 e. The maximum atomic E-state index is 12.3. The lowest BCUT2D eigenvalue weighted by atomic mass is 10.2. The van der Waals surface area contributed by atoms with E-state index in [1.54, 1.807) is 18.3 Å². The van der Waals surface area contributed by atoms with Crippen molar-refractivity contribution in [2.24, 2.45) is 0 Å². The quantitative estimate of drug-likeness (QED) is 0.784. The van der Waals surface area contributed by atoms with Crippen molar-refractivity contribution >= 4 is 22.6 Å². The second-order valence-corrected chi connectivity index (χ2v) is 5.88. The first kappa shape index (κ1) is 16.2. The van der Waals surface area contributed by atoms with Crippen molar-refractivity contribution in [3.63, 3.8) is 0 Å². The van der Waals surface area contributed by atoms with E-state index >= 15 is 0 Å². The molecule has 1 fully saturated rings. The molecule has 0 bridgehead atoms. The lowest BCUT2D eigenvalue weighted by Gasteiger charge is -2.15. The highest BCUT2D eigenvalue weighted by molar-refractivity contribution is 5.81. The Morgan fingerprint density at radius 3 is 2.88 bits per heavy atom. The van der Waals surface area contributed by atoms with E-state index < -0.39 is 0 Å². The van der Waals surface area contributed by atoms with Crippen LogP contribution in [0.15, 0.2) is 35.3 Å². The fourth-order valence-corrected chi connectivity index (χ4v) is 2.87. The topological polar surface area (TPSA) is 84.3 Å². The number of hydrogen-bond donors (Lipinski definition) is 1. The van der Waals surface area contributed by atoms with Crippen LogP contribution in [0.25, 0.3) is 10.8 Å². The standard InChI is InChI=1S/C17H20N4O3/c22-15(18-8-4-10-20-9-3-7-16(20)23)12-21-17(24)14-6-2-1-5-13(14)11-19-21/h1-2,5-6,11H,3-4,7-10,12H2,(H,18,22). The van der Waals surface area contributed by atoms with Crippen LogP contribution in [-0.2, 0) is 16.1 Å². The van der Waals surface area contributed by atoms with Crippen LogP contribution < -0.4 is 10.9 Å². The third-order valence-corrected chi connectivity index (χ3v) is 4.15. The fraction of sp³-hybridized carbons (Fsp3) is 0.412. The van der Waals surface area contributed by atoms with Gasteiger partial charge in [-0.1, -0.05) is 18.2 Å². The average molecular weight is 328 g/mol. The van der Waals surface area contributed by atoms with Crippen molar-refractivity contribution in [2.75, 3.05) is 19.6 Å². The van der Waals surface area contributed by atoms with Gasteiger partial charge in [0.1, 0.15) is 6.54 Å². The Balaban J connectivity index is 1.51. The summed E-state index contributed by atoms with van der Waals surface area (Å²) in [7, 11) is 0. The highest BCUT2D eigenvalue weighted by Gasteiger charge is 2.19. The van der Waals surface area contributed by atoms with Gasteiger partial charge in [-0.2, -0.15) is 5.10 Å². The molecule has 1 N–H and O–H groups in total. The molecule has 2 aromatic rings. The molecule has 7 nitrogen and oxygen atoms in total. The van der Waals surface area contributed by atoms with Crippen molar-refractivity contribution in [2.45, 2.75) is 25.8 Å². The fourth-order valence-electron chi connectivity index (χ4n) is 2.87. The molecular weight excluding hydrogens is 308 g/mol.